The second-order valence-corrected chi connectivity index (χ2v) is 8.83. The average molecular weight is 418 g/mol. The van der Waals surface area contributed by atoms with Gasteiger partial charge in [-0.3, -0.25) is 0 Å². The van der Waals surface area contributed by atoms with Crippen molar-refractivity contribution in [3.05, 3.63) is 23.9 Å². The molecule has 0 saturated heterocycles. The maximum atomic E-state index is 13.1. The molecule has 3 aliphatic carbocycles. The molecule has 0 amide bonds. The van der Waals surface area contributed by atoms with Crippen molar-refractivity contribution >= 4 is 11.9 Å². The highest BCUT2D eigenvalue weighted by Gasteiger charge is 2.42. The number of nitrogens with zero attached hydrogens (tertiary/aromatic N) is 4. The second-order valence-electron chi connectivity index (χ2n) is 8.83. The Balaban J connectivity index is 1.47. The minimum Gasteiger partial charge on any atom is -0.351 e. The summed E-state index contributed by atoms with van der Waals surface area (Å²) in [4.78, 5) is 17.2. The fraction of sp³-hybridized carbons (Fsp3) is 0.619. The summed E-state index contributed by atoms with van der Waals surface area (Å²) >= 11 is 0. The predicted octanol–water partition coefficient (Wildman–Crippen LogP) is 4.76. The maximum absolute atomic E-state index is 13.1. The van der Waals surface area contributed by atoms with E-state index in [1.807, 2.05) is 0 Å². The van der Waals surface area contributed by atoms with E-state index in [2.05, 4.69) is 37.5 Å². The van der Waals surface area contributed by atoms with Crippen LogP contribution in [0.1, 0.15) is 51.1 Å². The lowest BCUT2D eigenvalue weighted by Gasteiger charge is -2.19. The lowest BCUT2D eigenvalue weighted by molar-refractivity contribution is -0.141. The molecule has 30 heavy (non-hydrogen) atoms. The standard InChI is InChI=1S/C21H25F3N6/c1-11(12-5-6-12)25-19-28-18(15-3-2-4-16(26-15)21(22,23)24)29-20(30-19)27-17(13-7-8-13)14-9-10-14/h2-4,11-14,17H,5-10H2,1H3,(H2,25,27,28,29,30). The molecule has 9 heteroatoms. The molecule has 0 radical (unpaired) electrons. The van der Waals surface area contributed by atoms with E-state index in [-0.39, 0.29) is 17.6 Å². The number of aromatic nitrogens is 4. The number of hydrogen-bond acceptors (Lipinski definition) is 6. The molecule has 1 atom stereocenters. The molecule has 3 saturated carbocycles. The monoisotopic (exact) mass is 418 g/mol. The molecule has 0 aromatic carbocycles. The van der Waals surface area contributed by atoms with E-state index < -0.39 is 11.9 Å². The van der Waals surface area contributed by atoms with Gasteiger partial charge in [0, 0.05) is 12.1 Å². The molecular weight excluding hydrogens is 393 g/mol. The van der Waals surface area contributed by atoms with Gasteiger partial charge in [0.25, 0.3) is 0 Å². The van der Waals surface area contributed by atoms with Gasteiger partial charge in [0.2, 0.25) is 11.9 Å². The van der Waals surface area contributed by atoms with Gasteiger partial charge in [0.15, 0.2) is 5.82 Å². The Morgan fingerprint density at radius 3 is 2.00 bits per heavy atom. The Bertz CT molecular complexity index is 909. The Labute approximate surface area is 173 Å². The molecule has 3 fully saturated rings. The molecule has 2 aromatic rings. The first kappa shape index (κ1) is 19.5. The number of nitrogens with one attached hydrogen (secondary N) is 2. The summed E-state index contributed by atoms with van der Waals surface area (Å²) in [5.41, 5.74) is -0.864. The zero-order chi connectivity index (χ0) is 20.9. The van der Waals surface area contributed by atoms with Crippen molar-refractivity contribution in [2.45, 2.75) is 63.7 Å². The minimum atomic E-state index is -4.52. The van der Waals surface area contributed by atoms with Crippen LogP contribution < -0.4 is 10.6 Å². The maximum Gasteiger partial charge on any atom is 0.433 e. The molecule has 3 aliphatic rings. The average Bonchev–Trinajstić information content (AvgIpc) is 3.58. The molecule has 2 N–H and O–H groups in total. The summed E-state index contributed by atoms with van der Waals surface area (Å²) in [5.74, 6) is 2.78. The molecule has 1 unspecified atom stereocenters. The Morgan fingerprint density at radius 2 is 1.43 bits per heavy atom. The first-order valence-corrected chi connectivity index (χ1v) is 10.7. The fourth-order valence-corrected chi connectivity index (χ4v) is 3.93. The zero-order valence-corrected chi connectivity index (χ0v) is 16.8. The molecule has 5 rings (SSSR count). The van der Waals surface area contributed by atoms with Crippen LogP contribution in [0.3, 0.4) is 0 Å². The Hall–Kier alpha value is -2.45. The van der Waals surface area contributed by atoms with Crippen LogP contribution in [0.4, 0.5) is 25.1 Å². The molecule has 0 spiro atoms. The van der Waals surface area contributed by atoms with Crippen molar-refractivity contribution in [2.24, 2.45) is 17.8 Å². The fourth-order valence-electron chi connectivity index (χ4n) is 3.93. The van der Waals surface area contributed by atoms with Gasteiger partial charge in [-0.05, 0) is 75.3 Å². The highest BCUT2D eigenvalue weighted by Crippen LogP contribution is 2.45. The third kappa shape index (κ3) is 4.49. The smallest absolute Gasteiger partial charge is 0.351 e. The van der Waals surface area contributed by atoms with Crippen LogP contribution in [0.15, 0.2) is 18.2 Å². The van der Waals surface area contributed by atoms with Gasteiger partial charge in [0.05, 0.1) is 0 Å². The number of anilines is 2. The number of rotatable bonds is 8. The van der Waals surface area contributed by atoms with Gasteiger partial charge in [-0.2, -0.15) is 28.1 Å². The minimum absolute atomic E-state index is 0.0896. The molecule has 0 bridgehead atoms. The molecule has 160 valence electrons. The summed E-state index contributed by atoms with van der Waals surface area (Å²) in [5, 5.41) is 6.77. The summed E-state index contributed by atoms with van der Waals surface area (Å²) in [6.07, 6.45) is 2.61. The van der Waals surface area contributed by atoms with Gasteiger partial charge in [0.1, 0.15) is 11.4 Å². The molecule has 6 nitrogen and oxygen atoms in total. The van der Waals surface area contributed by atoms with Crippen molar-refractivity contribution < 1.29 is 13.2 Å². The van der Waals surface area contributed by atoms with Gasteiger partial charge in [-0.25, -0.2) is 4.98 Å². The molecule has 0 aliphatic heterocycles. The van der Waals surface area contributed by atoms with Crippen molar-refractivity contribution in [1.29, 1.82) is 0 Å². The lowest BCUT2D eigenvalue weighted by Crippen LogP contribution is -2.26. The Kier molecular flexibility index (Phi) is 4.78. The number of alkyl halides is 3. The van der Waals surface area contributed by atoms with E-state index >= 15 is 0 Å². The second kappa shape index (κ2) is 7.35. The van der Waals surface area contributed by atoms with Crippen molar-refractivity contribution in [3.63, 3.8) is 0 Å². The van der Waals surface area contributed by atoms with Crippen LogP contribution in [0.5, 0.6) is 0 Å². The van der Waals surface area contributed by atoms with Gasteiger partial charge in [-0.15, -0.1) is 0 Å². The lowest BCUT2D eigenvalue weighted by atomic mass is 10.1. The van der Waals surface area contributed by atoms with E-state index in [9.17, 15) is 13.2 Å². The molecule has 2 aromatic heterocycles. The number of hydrogen-bond donors (Lipinski definition) is 2. The van der Waals surface area contributed by atoms with E-state index in [1.165, 1.54) is 37.8 Å². The Morgan fingerprint density at radius 1 is 0.833 bits per heavy atom. The molecular formula is C21H25F3N6. The van der Waals surface area contributed by atoms with Crippen molar-refractivity contribution in [1.82, 2.24) is 19.9 Å². The summed E-state index contributed by atoms with van der Waals surface area (Å²) < 4.78 is 39.4. The van der Waals surface area contributed by atoms with Crippen LogP contribution in [-0.4, -0.2) is 32.0 Å². The van der Waals surface area contributed by atoms with E-state index in [4.69, 9.17) is 0 Å². The van der Waals surface area contributed by atoms with E-state index in [0.29, 0.717) is 35.7 Å². The van der Waals surface area contributed by atoms with Crippen LogP contribution in [-0.2, 0) is 6.18 Å². The predicted molar refractivity (Wildman–Crippen MR) is 107 cm³/mol. The highest BCUT2D eigenvalue weighted by molar-refractivity contribution is 5.54. The van der Waals surface area contributed by atoms with Gasteiger partial charge in [-0.1, -0.05) is 6.07 Å². The van der Waals surface area contributed by atoms with Crippen LogP contribution in [0.25, 0.3) is 11.5 Å². The van der Waals surface area contributed by atoms with Crippen LogP contribution in [0.2, 0.25) is 0 Å². The normalized spacial score (nSPS) is 20.3. The van der Waals surface area contributed by atoms with Crippen molar-refractivity contribution in [3.8, 4) is 11.5 Å². The van der Waals surface area contributed by atoms with E-state index in [0.717, 1.165) is 18.9 Å². The number of halogens is 3. The van der Waals surface area contributed by atoms with E-state index in [1.54, 1.807) is 0 Å². The summed E-state index contributed by atoms with van der Waals surface area (Å²) in [7, 11) is 0. The van der Waals surface area contributed by atoms with Crippen LogP contribution in [0, 0.1) is 17.8 Å². The third-order valence-electron chi connectivity index (χ3n) is 6.15. The van der Waals surface area contributed by atoms with Crippen LogP contribution >= 0.6 is 0 Å². The quantitative estimate of drug-likeness (QED) is 0.644. The van der Waals surface area contributed by atoms with Gasteiger partial charge < -0.3 is 10.6 Å². The third-order valence-corrected chi connectivity index (χ3v) is 6.15. The first-order valence-electron chi connectivity index (χ1n) is 10.7. The summed E-state index contributed by atoms with van der Waals surface area (Å²) in [6, 6.07) is 4.31. The van der Waals surface area contributed by atoms with Gasteiger partial charge >= 0.3 is 6.18 Å². The topological polar surface area (TPSA) is 75.6 Å². The SMILES string of the molecule is CC(Nc1nc(NC(C2CC2)C2CC2)nc(-c2cccc(C(F)(F)F)n2)n1)C1CC1. The molecule has 2 heterocycles. The largest absolute Gasteiger partial charge is 0.433 e. The summed E-state index contributed by atoms with van der Waals surface area (Å²) in [6.45, 7) is 2.08. The zero-order valence-electron chi connectivity index (χ0n) is 16.8. The highest BCUT2D eigenvalue weighted by atomic mass is 19.4. The number of pyridine rings is 1. The first-order chi connectivity index (χ1) is 14.4. The van der Waals surface area contributed by atoms with Crippen molar-refractivity contribution in [2.75, 3.05) is 10.6 Å².